The first-order chi connectivity index (χ1) is 14.6. The number of hydrogen-bond donors (Lipinski definition) is 1. The van der Waals surface area contributed by atoms with Crippen molar-refractivity contribution in [2.45, 2.75) is 6.92 Å². The summed E-state index contributed by atoms with van der Waals surface area (Å²) in [6.07, 6.45) is 1.52. The third kappa shape index (κ3) is 5.90. The number of rotatable bonds is 7. The van der Waals surface area contributed by atoms with E-state index in [1.54, 1.807) is 60.7 Å². The number of benzene rings is 3. The molecule has 0 bridgehead atoms. The second-order valence-corrected chi connectivity index (χ2v) is 7.26. The van der Waals surface area contributed by atoms with Gasteiger partial charge in [-0.15, -0.1) is 0 Å². The van der Waals surface area contributed by atoms with Gasteiger partial charge in [-0.3, -0.25) is 4.79 Å². The van der Waals surface area contributed by atoms with Gasteiger partial charge in [0, 0.05) is 3.57 Å². The standard InChI is InChI=1S/C23H19IN2O4/c1-2-29-18-13-9-17(10-14-18)23(28)30-19-11-7-16(8-12-19)15-25-26-22(27)20-5-3-4-6-21(20)24/h3-15H,2H2,1H3,(H,26,27). The van der Waals surface area contributed by atoms with E-state index in [1.165, 1.54) is 6.21 Å². The summed E-state index contributed by atoms with van der Waals surface area (Å²) in [7, 11) is 0. The van der Waals surface area contributed by atoms with E-state index in [2.05, 4.69) is 33.1 Å². The number of nitrogens with one attached hydrogen (secondary N) is 1. The van der Waals surface area contributed by atoms with Gasteiger partial charge in [0.15, 0.2) is 0 Å². The summed E-state index contributed by atoms with van der Waals surface area (Å²) in [5, 5.41) is 3.97. The molecule has 0 spiro atoms. The highest BCUT2D eigenvalue weighted by molar-refractivity contribution is 14.1. The van der Waals surface area contributed by atoms with Crippen molar-refractivity contribution in [3.05, 3.63) is 93.1 Å². The summed E-state index contributed by atoms with van der Waals surface area (Å²) >= 11 is 2.10. The van der Waals surface area contributed by atoms with E-state index >= 15 is 0 Å². The maximum Gasteiger partial charge on any atom is 0.343 e. The predicted molar refractivity (Wildman–Crippen MR) is 123 cm³/mol. The molecule has 0 aliphatic rings. The summed E-state index contributed by atoms with van der Waals surface area (Å²) in [6, 6.07) is 20.8. The molecule has 30 heavy (non-hydrogen) atoms. The Balaban J connectivity index is 1.55. The van der Waals surface area contributed by atoms with Crippen LogP contribution in [0.3, 0.4) is 0 Å². The van der Waals surface area contributed by atoms with Gasteiger partial charge >= 0.3 is 5.97 Å². The fourth-order valence-electron chi connectivity index (χ4n) is 2.51. The van der Waals surface area contributed by atoms with Gasteiger partial charge in [0.05, 0.1) is 23.9 Å². The van der Waals surface area contributed by atoms with Crippen molar-refractivity contribution in [2.24, 2.45) is 5.10 Å². The Morgan fingerprint density at radius 3 is 2.30 bits per heavy atom. The SMILES string of the molecule is CCOc1ccc(C(=O)Oc2ccc(C=NNC(=O)c3ccccc3I)cc2)cc1. The minimum atomic E-state index is -0.454. The minimum absolute atomic E-state index is 0.280. The van der Waals surface area contributed by atoms with Crippen LogP contribution in [0.5, 0.6) is 11.5 Å². The maximum absolute atomic E-state index is 12.2. The second-order valence-electron chi connectivity index (χ2n) is 6.09. The molecule has 0 saturated carbocycles. The first-order valence-corrected chi connectivity index (χ1v) is 10.3. The number of halogens is 1. The molecule has 3 aromatic carbocycles. The maximum atomic E-state index is 12.2. The Morgan fingerprint density at radius 1 is 0.967 bits per heavy atom. The van der Waals surface area contributed by atoms with Crippen LogP contribution in [0.4, 0.5) is 0 Å². The van der Waals surface area contributed by atoms with Crippen LogP contribution in [0.1, 0.15) is 33.2 Å². The van der Waals surface area contributed by atoms with Crippen molar-refractivity contribution < 1.29 is 19.1 Å². The fraction of sp³-hybridized carbons (Fsp3) is 0.0870. The fourth-order valence-corrected chi connectivity index (χ4v) is 3.15. The molecule has 0 unspecified atom stereocenters. The third-order valence-corrected chi connectivity index (χ3v) is 4.93. The smallest absolute Gasteiger partial charge is 0.343 e. The average molecular weight is 514 g/mol. The lowest BCUT2D eigenvalue weighted by molar-refractivity contribution is 0.0734. The zero-order chi connectivity index (χ0) is 21.3. The molecule has 7 heteroatoms. The monoisotopic (exact) mass is 514 g/mol. The normalized spacial score (nSPS) is 10.6. The van der Waals surface area contributed by atoms with Crippen molar-refractivity contribution in [1.82, 2.24) is 5.43 Å². The lowest BCUT2D eigenvalue weighted by atomic mass is 10.2. The third-order valence-electron chi connectivity index (χ3n) is 3.99. The van der Waals surface area contributed by atoms with Crippen LogP contribution in [-0.2, 0) is 0 Å². The van der Waals surface area contributed by atoms with Crippen LogP contribution in [0.15, 0.2) is 77.9 Å². The van der Waals surface area contributed by atoms with Gasteiger partial charge in [-0.2, -0.15) is 5.10 Å². The topological polar surface area (TPSA) is 77.0 Å². The van der Waals surface area contributed by atoms with E-state index in [0.29, 0.717) is 29.2 Å². The quantitative estimate of drug-likeness (QED) is 0.164. The van der Waals surface area contributed by atoms with Gasteiger partial charge in [-0.25, -0.2) is 10.2 Å². The second kappa shape index (κ2) is 10.5. The molecule has 0 saturated heterocycles. The van der Waals surface area contributed by atoms with Gasteiger partial charge in [-0.1, -0.05) is 12.1 Å². The van der Waals surface area contributed by atoms with Crippen LogP contribution in [0, 0.1) is 3.57 Å². The molecule has 152 valence electrons. The Kier molecular flexibility index (Phi) is 7.56. The van der Waals surface area contributed by atoms with Crippen molar-refractivity contribution in [3.63, 3.8) is 0 Å². The number of amides is 1. The van der Waals surface area contributed by atoms with Crippen molar-refractivity contribution in [3.8, 4) is 11.5 Å². The first-order valence-electron chi connectivity index (χ1n) is 9.20. The molecule has 0 heterocycles. The highest BCUT2D eigenvalue weighted by Crippen LogP contribution is 2.16. The Bertz CT molecular complexity index is 1050. The number of hydrogen-bond acceptors (Lipinski definition) is 5. The molecule has 3 aromatic rings. The van der Waals surface area contributed by atoms with Crippen molar-refractivity contribution >= 4 is 40.7 Å². The lowest BCUT2D eigenvalue weighted by Gasteiger charge is -2.06. The first kappa shape index (κ1) is 21.5. The summed E-state index contributed by atoms with van der Waals surface area (Å²) in [4.78, 5) is 24.4. The van der Waals surface area contributed by atoms with E-state index in [0.717, 1.165) is 9.13 Å². The molecule has 0 atom stereocenters. The average Bonchev–Trinajstić information content (AvgIpc) is 2.76. The van der Waals surface area contributed by atoms with E-state index in [9.17, 15) is 9.59 Å². The van der Waals surface area contributed by atoms with E-state index in [4.69, 9.17) is 9.47 Å². The molecule has 0 fully saturated rings. The van der Waals surface area contributed by atoms with E-state index < -0.39 is 5.97 Å². The number of nitrogens with zero attached hydrogens (tertiary/aromatic N) is 1. The van der Waals surface area contributed by atoms with Crippen LogP contribution >= 0.6 is 22.6 Å². The summed E-state index contributed by atoms with van der Waals surface area (Å²) < 4.78 is 11.6. The zero-order valence-electron chi connectivity index (χ0n) is 16.2. The van der Waals surface area contributed by atoms with Gasteiger partial charge in [0.25, 0.3) is 5.91 Å². The van der Waals surface area contributed by atoms with Crippen molar-refractivity contribution in [1.29, 1.82) is 0 Å². The minimum Gasteiger partial charge on any atom is -0.494 e. The summed E-state index contributed by atoms with van der Waals surface area (Å²) in [5.41, 5.74) is 4.24. The van der Waals surface area contributed by atoms with E-state index in [-0.39, 0.29) is 5.91 Å². The number of carbonyl (C=O) groups is 2. The number of esters is 1. The Morgan fingerprint density at radius 2 is 1.63 bits per heavy atom. The van der Waals surface area contributed by atoms with Gasteiger partial charge < -0.3 is 9.47 Å². The van der Waals surface area contributed by atoms with Crippen LogP contribution in [-0.4, -0.2) is 24.7 Å². The van der Waals surface area contributed by atoms with Crippen molar-refractivity contribution in [2.75, 3.05) is 6.61 Å². The molecule has 6 nitrogen and oxygen atoms in total. The van der Waals surface area contributed by atoms with E-state index in [1.807, 2.05) is 19.1 Å². The number of carbonyl (C=O) groups excluding carboxylic acids is 2. The molecule has 3 rings (SSSR count). The van der Waals surface area contributed by atoms with Gasteiger partial charge in [-0.05, 0) is 95.7 Å². The molecular weight excluding hydrogens is 495 g/mol. The van der Waals surface area contributed by atoms with Crippen LogP contribution in [0.25, 0.3) is 0 Å². The number of ether oxygens (including phenoxy) is 2. The predicted octanol–water partition coefficient (Wildman–Crippen LogP) is 4.67. The summed E-state index contributed by atoms with van der Waals surface area (Å²) in [5.74, 6) is 0.377. The lowest BCUT2D eigenvalue weighted by Crippen LogP contribution is -2.18. The molecular formula is C23H19IN2O4. The van der Waals surface area contributed by atoms with Crippen LogP contribution in [0.2, 0.25) is 0 Å². The van der Waals surface area contributed by atoms with Gasteiger partial charge in [0.1, 0.15) is 11.5 Å². The van der Waals surface area contributed by atoms with Crippen LogP contribution < -0.4 is 14.9 Å². The molecule has 0 aliphatic heterocycles. The molecule has 0 aromatic heterocycles. The zero-order valence-corrected chi connectivity index (χ0v) is 18.3. The molecule has 0 radical (unpaired) electrons. The number of hydrazone groups is 1. The Labute approximate surface area is 188 Å². The summed E-state index contributed by atoms with van der Waals surface area (Å²) in [6.45, 7) is 2.46. The largest absolute Gasteiger partial charge is 0.494 e. The molecule has 1 N–H and O–H groups in total. The van der Waals surface area contributed by atoms with Gasteiger partial charge in [0.2, 0.25) is 0 Å². The highest BCUT2D eigenvalue weighted by Gasteiger charge is 2.09. The molecule has 1 amide bonds. The highest BCUT2D eigenvalue weighted by atomic mass is 127. The molecule has 0 aliphatic carbocycles. The Hall–Kier alpha value is -3.20.